The molecule has 2 aromatic rings. The van der Waals surface area contributed by atoms with E-state index in [0.29, 0.717) is 23.0 Å². The number of hydrogen-bond donors (Lipinski definition) is 2. The zero-order valence-electron chi connectivity index (χ0n) is 13.6. The van der Waals surface area contributed by atoms with E-state index in [4.69, 9.17) is 11.6 Å². The van der Waals surface area contributed by atoms with Crippen LogP contribution in [0.15, 0.2) is 41.5 Å². The first-order valence-corrected chi connectivity index (χ1v) is 7.95. The highest BCUT2D eigenvalue weighted by Gasteiger charge is 2.23. The number of hydrogen-bond acceptors (Lipinski definition) is 4. The van der Waals surface area contributed by atoms with Crippen molar-refractivity contribution in [2.45, 2.75) is 32.9 Å². The van der Waals surface area contributed by atoms with E-state index in [1.807, 2.05) is 13.8 Å². The largest absolute Gasteiger partial charge is 0.384 e. The maximum absolute atomic E-state index is 12.3. The number of rotatable bonds is 6. The van der Waals surface area contributed by atoms with Gasteiger partial charge in [0.05, 0.1) is 0 Å². The lowest BCUT2D eigenvalue weighted by atomic mass is 9.96. The fourth-order valence-electron chi connectivity index (χ4n) is 2.29. The molecule has 1 heterocycles. The molecule has 1 aromatic heterocycles. The minimum atomic E-state index is -1.17. The molecular weight excluding hydrogens is 314 g/mol. The molecule has 0 saturated heterocycles. The zero-order chi connectivity index (χ0) is 17.0. The summed E-state index contributed by atoms with van der Waals surface area (Å²) in [7, 11) is 0. The van der Waals surface area contributed by atoms with Crippen LogP contribution in [-0.4, -0.2) is 21.2 Å². The Balaban J connectivity index is 2.16. The first kappa shape index (κ1) is 17.5. The molecule has 5 nitrogen and oxygen atoms in total. The van der Waals surface area contributed by atoms with Crippen molar-refractivity contribution in [3.05, 3.63) is 57.6 Å². The van der Waals surface area contributed by atoms with Crippen molar-refractivity contribution in [1.82, 2.24) is 9.55 Å². The average molecular weight is 336 g/mol. The minimum Gasteiger partial charge on any atom is -0.384 e. The van der Waals surface area contributed by atoms with E-state index < -0.39 is 5.60 Å². The molecule has 124 valence electrons. The molecule has 0 saturated carbocycles. The van der Waals surface area contributed by atoms with Crippen molar-refractivity contribution in [3.63, 3.8) is 0 Å². The number of aromatic nitrogens is 2. The predicted molar refractivity (Wildman–Crippen MR) is 92.8 cm³/mol. The van der Waals surface area contributed by atoms with Gasteiger partial charge < -0.3 is 15.0 Å². The fourth-order valence-corrected chi connectivity index (χ4v) is 2.48. The van der Waals surface area contributed by atoms with Gasteiger partial charge in [0, 0.05) is 30.5 Å². The van der Waals surface area contributed by atoms with Gasteiger partial charge >= 0.3 is 0 Å². The molecule has 2 N–H and O–H groups in total. The van der Waals surface area contributed by atoms with Gasteiger partial charge in [-0.15, -0.1) is 0 Å². The summed E-state index contributed by atoms with van der Waals surface area (Å²) in [6.45, 7) is 6.54. The maximum Gasteiger partial charge on any atom is 0.293 e. The summed E-state index contributed by atoms with van der Waals surface area (Å²) in [6, 6.07) is 7.03. The molecule has 1 aromatic carbocycles. The lowest BCUT2D eigenvalue weighted by Crippen LogP contribution is -2.34. The van der Waals surface area contributed by atoms with Crippen molar-refractivity contribution in [2.24, 2.45) is 5.92 Å². The second kappa shape index (κ2) is 7.15. The van der Waals surface area contributed by atoms with Crippen molar-refractivity contribution >= 4 is 17.4 Å². The summed E-state index contributed by atoms with van der Waals surface area (Å²) in [5.41, 5.74) is -0.684. The fraction of sp³-hybridized carbons (Fsp3) is 0.412. The maximum atomic E-state index is 12.3. The van der Waals surface area contributed by atoms with E-state index in [2.05, 4.69) is 10.3 Å². The molecule has 23 heavy (non-hydrogen) atoms. The van der Waals surface area contributed by atoms with Crippen molar-refractivity contribution in [3.8, 4) is 0 Å². The molecule has 0 aliphatic rings. The standard InChI is InChI=1S/C17H22ClN3O2/c1-12(2)10-21-8-7-19-15(16(21)22)20-11-17(3,23)13-5-4-6-14(18)9-13/h4-9,12,23H,10-11H2,1-3H3,(H,19,20). The predicted octanol–water partition coefficient (Wildman–Crippen LogP) is 2.87. The van der Waals surface area contributed by atoms with Crippen molar-refractivity contribution in [1.29, 1.82) is 0 Å². The SMILES string of the molecule is CC(C)Cn1ccnc(NCC(C)(O)c2cccc(Cl)c2)c1=O. The Morgan fingerprint density at radius 3 is 2.83 bits per heavy atom. The van der Waals surface area contributed by atoms with E-state index in [9.17, 15) is 9.90 Å². The Kier molecular flexibility index (Phi) is 5.44. The van der Waals surface area contributed by atoms with Gasteiger partial charge in [0.1, 0.15) is 5.60 Å². The zero-order valence-corrected chi connectivity index (χ0v) is 14.3. The van der Waals surface area contributed by atoms with Gasteiger partial charge in [-0.05, 0) is 30.5 Å². The third kappa shape index (κ3) is 4.56. The molecule has 0 aliphatic heterocycles. The molecular formula is C17H22ClN3O2. The third-order valence-corrected chi connectivity index (χ3v) is 3.76. The molecule has 0 aliphatic carbocycles. The van der Waals surface area contributed by atoms with Gasteiger partial charge in [-0.25, -0.2) is 4.98 Å². The summed E-state index contributed by atoms with van der Waals surface area (Å²) < 4.78 is 1.62. The highest BCUT2D eigenvalue weighted by Crippen LogP contribution is 2.23. The summed E-state index contributed by atoms with van der Waals surface area (Å²) in [4.78, 5) is 16.4. The summed E-state index contributed by atoms with van der Waals surface area (Å²) in [5.74, 6) is 0.591. The van der Waals surface area contributed by atoms with Crippen LogP contribution in [0.3, 0.4) is 0 Å². The molecule has 0 amide bonds. The van der Waals surface area contributed by atoms with Gasteiger partial charge in [-0.3, -0.25) is 4.79 Å². The number of aliphatic hydroxyl groups is 1. The van der Waals surface area contributed by atoms with Crippen LogP contribution in [-0.2, 0) is 12.1 Å². The van der Waals surface area contributed by atoms with Crippen LogP contribution in [0.2, 0.25) is 5.02 Å². The van der Waals surface area contributed by atoms with Gasteiger partial charge in [0.2, 0.25) is 0 Å². The van der Waals surface area contributed by atoms with Crippen LogP contribution >= 0.6 is 11.6 Å². The van der Waals surface area contributed by atoms with E-state index >= 15 is 0 Å². The van der Waals surface area contributed by atoms with Crippen LogP contribution in [0, 0.1) is 5.92 Å². The molecule has 0 spiro atoms. The Hall–Kier alpha value is -1.85. The second-order valence-electron chi connectivity index (χ2n) is 6.26. The van der Waals surface area contributed by atoms with E-state index in [0.717, 1.165) is 0 Å². The first-order chi connectivity index (χ1) is 10.8. The second-order valence-corrected chi connectivity index (χ2v) is 6.70. The molecule has 1 atom stereocenters. The molecule has 6 heteroatoms. The molecule has 0 radical (unpaired) electrons. The van der Waals surface area contributed by atoms with E-state index in [1.165, 1.54) is 0 Å². The highest BCUT2D eigenvalue weighted by molar-refractivity contribution is 6.30. The Morgan fingerprint density at radius 1 is 1.43 bits per heavy atom. The van der Waals surface area contributed by atoms with E-state index in [1.54, 1.807) is 48.1 Å². The quantitative estimate of drug-likeness (QED) is 0.851. The number of nitrogens with one attached hydrogen (secondary N) is 1. The Labute approximate surface area is 141 Å². The van der Waals surface area contributed by atoms with Crippen molar-refractivity contribution < 1.29 is 5.11 Å². The van der Waals surface area contributed by atoms with Crippen LogP contribution in [0.25, 0.3) is 0 Å². The average Bonchev–Trinajstić information content (AvgIpc) is 2.48. The number of halogens is 1. The van der Waals surface area contributed by atoms with Crippen LogP contribution in [0.1, 0.15) is 26.3 Å². The number of nitrogens with zero attached hydrogens (tertiary/aromatic N) is 2. The Morgan fingerprint density at radius 2 is 2.17 bits per heavy atom. The lowest BCUT2D eigenvalue weighted by Gasteiger charge is -2.24. The summed E-state index contributed by atoms with van der Waals surface area (Å²) >= 11 is 5.97. The Bertz CT molecular complexity index is 726. The minimum absolute atomic E-state index is 0.154. The monoisotopic (exact) mass is 335 g/mol. The molecule has 1 unspecified atom stereocenters. The molecule has 2 rings (SSSR count). The van der Waals surface area contributed by atoms with E-state index in [-0.39, 0.29) is 17.9 Å². The lowest BCUT2D eigenvalue weighted by molar-refractivity contribution is 0.0714. The van der Waals surface area contributed by atoms with Crippen LogP contribution in [0.5, 0.6) is 0 Å². The van der Waals surface area contributed by atoms with Gasteiger partial charge in [0.15, 0.2) is 5.82 Å². The van der Waals surface area contributed by atoms with Crippen LogP contribution in [0.4, 0.5) is 5.82 Å². The third-order valence-electron chi connectivity index (χ3n) is 3.52. The van der Waals surface area contributed by atoms with Gasteiger partial charge in [0.25, 0.3) is 5.56 Å². The van der Waals surface area contributed by atoms with Gasteiger partial charge in [-0.1, -0.05) is 37.6 Å². The summed E-state index contributed by atoms with van der Waals surface area (Å²) in [5, 5.41) is 14.1. The normalized spacial score (nSPS) is 13.8. The van der Waals surface area contributed by atoms with Crippen molar-refractivity contribution in [2.75, 3.05) is 11.9 Å². The first-order valence-electron chi connectivity index (χ1n) is 7.57. The smallest absolute Gasteiger partial charge is 0.293 e. The van der Waals surface area contributed by atoms with Gasteiger partial charge in [-0.2, -0.15) is 0 Å². The molecule has 0 bridgehead atoms. The number of anilines is 1. The highest BCUT2D eigenvalue weighted by atomic mass is 35.5. The van der Waals surface area contributed by atoms with Crippen LogP contribution < -0.4 is 10.9 Å². The number of benzene rings is 1. The summed E-state index contributed by atoms with van der Waals surface area (Å²) in [6.07, 6.45) is 3.25. The topological polar surface area (TPSA) is 67.2 Å². The molecule has 0 fully saturated rings.